The van der Waals surface area contributed by atoms with Crippen molar-refractivity contribution in [1.29, 1.82) is 0 Å². The van der Waals surface area contributed by atoms with Gasteiger partial charge in [-0.2, -0.15) is 31.3 Å². The summed E-state index contributed by atoms with van der Waals surface area (Å²) in [5, 5.41) is 3.54. The molecule has 0 aliphatic rings. The van der Waals surface area contributed by atoms with E-state index < -0.39 is 34.9 Å². The maximum absolute atomic E-state index is 12.9. The van der Waals surface area contributed by atoms with Crippen LogP contribution in [0.2, 0.25) is 0 Å². The van der Waals surface area contributed by atoms with E-state index in [1.165, 1.54) is 12.3 Å². The first-order valence-corrected chi connectivity index (χ1v) is 6.69. The van der Waals surface area contributed by atoms with Gasteiger partial charge in [0.2, 0.25) is 5.82 Å². The first-order chi connectivity index (χ1) is 11.6. The van der Waals surface area contributed by atoms with Crippen LogP contribution in [0.4, 0.5) is 26.3 Å². The molecule has 0 saturated carbocycles. The summed E-state index contributed by atoms with van der Waals surface area (Å²) >= 11 is 0. The summed E-state index contributed by atoms with van der Waals surface area (Å²) in [6.45, 7) is 0. The van der Waals surface area contributed by atoms with Crippen LogP contribution in [0.5, 0.6) is 0 Å². The van der Waals surface area contributed by atoms with Gasteiger partial charge in [0, 0.05) is 11.8 Å². The summed E-state index contributed by atoms with van der Waals surface area (Å²) in [7, 11) is 0. The Morgan fingerprint density at radius 2 is 1.48 bits per heavy atom. The van der Waals surface area contributed by atoms with Crippen molar-refractivity contribution in [2.24, 2.45) is 0 Å². The van der Waals surface area contributed by atoms with E-state index in [-0.39, 0.29) is 17.6 Å². The van der Waals surface area contributed by atoms with Crippen molar-refractivity contribution >= 4 is 0 Å². The number of pyridine rings is 1. The molecule has 25 heavy (non-hydrogen) atoms. The lowest BCUT2D eigenvalue weighted by atomic mass is 10.0. The summed E-state index contributed by atoms with van der Waals surface area (Å²) in [6, 6.07) is 5.81. The average Bonchev–Trinajstić information content (AvgIpc) is 3.04. The van der Waals surface area contributed by atoms with Crippen molar-refractivity contribution in [1.82, 2.24) is 15.1 Å². The molecule has 130 valence electrons. The summed E-state index contributed by atoms with van der Waals surface area (Å²) in [5.74, 6) is -0.529. The second kappa shape index (κ2) is 5.87. The summed E-state index contributed by atoms with van der Waals surface area (Å²) < 4.78 is 82.1. The number of benzene rings is 1. The van der Waals surface area contributed by atoms with E-state index in [4.69, 9.17) is 4.52 Å². The normalized spacial score (nSPS) is 12.4. The molecule has 2 aromatic heterocycles. The quantitative estimate of drug-likeness (QED) is 0.615. The van der Waals surface area contributed by atoms with E-state index in [0.717, 1.165) is 0 Å². The highest BCUT2D eigenvalue weighted by Gasteiger charge is 2.37. The summed E-state index contributed by atoms with van der Waals surface area (Å²) in [6.07, 6.45) is -8.49. The van der Waals surface area contributed by atoms with Gasteiger partial charge in [0.15, 0.2) is 0 Å². The monoisotopic (exact) mass is 359 g/mol. The minimum absolute atomic E-state index is 0.0273. The van der Waals surface area contributed by atoms with Crippen molar-refractivity contribution < 1.29 is 30.9 Å². The van der Waals surface area contributed by atoms with E-state index >= 15 is 0 Å². The van der Waals surface area contributed by atoms with Gasteiger partial charge in [0.05, 0.1) is 11.1 Å². The molecule has 0 saturated heterocycles. The zero-order valence-electron chi connectivity index (χ0n) is 12.1. The van der Waals surface area contributed by atoms with Crippen molar-refractivity contribution in [3.63, 3.8) is 0 Å². The number of rotatable bonds is 2. The summed E-state index contributed by atoms with van der Waals surface area (Å²) in [5.41, 5.74) is -3.15. The first-order valence-electron chi connectivity index (χ1n) is 6.69. The fourth-order valence-corrected chi connectivity index (χ4v) is 2.02. The average molecular weight is 359 g/mol. The molecule has 0 fully saturated rings. The molecule has 0 amide bonds. The number of nitrogens with zero attached hydrogens (tertiary/aromatic N) is 3. The third kappa shape index (κ3) is 3.62. The minimum Gasteiger partial charge on any atom is -0.334 e. The molecule has 4 nitrogen and oxygen atoms in total. The number of hydrogen-bond donors (Lipinski definition) is 0. The Morgan fingerprint density at radius 3 is 2.00 bits per heavy atom. The van der Waals surface area contributed by atoms with Crippen molar-refractivity contribution in [3.8, 4) is 23.0 Å². The molecular weight excluding hydrogens is 352 g/mol. The van der Waals surface area contributed by atoms with Gasteiger partial charge in [0.25, 0.3) is 5.89 Å². The highest BCUT2D eigenvalue weighted by atomic mass is 19.4. The molecule has 0 atom stereocenters. The van der Waals surface area contributed by atoms with Crippen molar-refractivity contribution in [2.45, 2.75) is 12.4 Å². The Hall–Kier alpha value is -2.91. The number of alkyl halides is 6. The molecule has 0 unspecified atom stereocenters. The van der Waals surface area contributed by atoms with Gasteiger partial charge in [-0.1, -0.05) is 11.2 Å². The van der Waals surface area contributed by atoms with Crippen LogP contribution >= 0.6 is 0 Å². The van der Waals surface area contributed by atoms with Crippen LogP contribution in [0.3, 0.4) is 0 Å². The Balaban J connectivity index is 2.09. The second-order valence-corrected chi connectivity index (χ2v) is 4.93. The highest BCUT2D eigenvalue weighted by Crippen LogP contribution is 2.38. The molecule has 0 spiro atoms. The van der Waals surface area contributed by atoms with Gasteiger partial charge in [0.1, 0.15) is 5.69 Å². The third-order valence-electron chi connectivity index (χ3n) is 3.15. The Kier molecular flexibility index (Phi) is 3.97. The molecule has 2 heterocycles. The van der Waals surface area contributed by atoms with Crippen LogP contribution < -0.4 is 0 Å². The van der Waals surface area contributed by atoms with Gasteiger partial charge in [-0.15, -0.1) is 0 Å². The zero-order valence-corrected chi connectivity index (χ0v) is 12.1. The van der Waals surface area contributed by atoms with Gasteiger partial charge in [-0.25, -0.2) is 0 Å². The van der Waals surface area contributed by atoms with Gasteiger partial charge in [-0.3, -0.25) is 4.98 Å². The van der Waals surface area contributed by atoms with Crippen LogP contribution in [0, 0.1) is 0 Å². The minimum atomic E-state index is -4.96. The number of hydrogen-bond acceptors (Lipinski definition) is 4. The second-order valence-electron chi connectivity index (χ2n) is 4.93. The van der Waals surface area contributed by atoms with Crippen LogP contribution in [0.1, 0.15) is 11.1 Å². The van der Waals surface area contributed by atoms with E-state index in [1.807, 2.05) is 0 Å². The molecule has 0 aliphatic heterocycles. The number of halogens is 6. The Bertz CT molecular complexity index is 854. The largest absolute Gasteiger partial charge is 0.416 e. The van der Waals surface area contributed by atoms with Crippen LogP contribution in [-0.4, -0.2) is 15.1 Å². The molecular formula is C15H7F6N3O. The first kappa shape index (κ1) is 16.9. The standard InChI is InChI=1S/C15H7F6N3O/c16-14(17,18)9-5-8(6-10(7-9)15(19,20)21)13-23-12(24-25-13)11-3-1-2-4-22-11/h1-7H. The lowest BCUT2D eigenvalue weighted by molar-refractivity contribution is -0.143. The molecule has 0 radical (unpaired) electrons. The van der Waals surface area contributed by atoms with E-state index in [9.17, 15) is 26.3 Å². The lowest BCUT2D eigenvalue weighted by Crippen LogP contribution is -2.11. The molecule has 0 N–H and O–H groups in total. The predicted octanol–water partition coefficient (Wildman–Crippen LogP) is 4.84. The Morgan fingerprint density at radius 1 is 0.840 bits per heavy atom. The molecule has 0 aliphatic carbocycles. The van der Waals surface area contributed by atoms with E-state index in [1.54, 1.807) is 12.1 Å². The highest BCUT2D eigenvalue weighted by molar-refractivity contribution is 5.60. The van der Waals surface area contributed by atoms with Gasteiger partial charge in [-0.05, 0) is 30.3 Å². The smallest absolute Gasteiger partial charge is 0.334 e. The molecule has 3 rings (SSSR count). The molecule has 0 bridgehead atoms. The van der Waals surface area contributed by atoms with Crippen LogP contribution in [-0.2, 0) is 12.4 Å². The van der Waals surface area contributed by atoms with Crippen LogP contribution in [0.15, 0.2) is 47.1 Å². The van der Waals surface area contributed by atoms with E-state index in [2.05, 4.69) is 15.1 Å². The molecule has 10 heteroatoms. The SMILES string of the molecule is FC(F)(F)c1cc(-c2nc(-c3ccccn3)no2)cc(C(F)(F)F)c1. The molecule has 1 aromatic carbocycles. The lowest BCUT2D eigenvalue weighted by Gasteiger charge is -2.12. The topological polar surface area (TPSA) is 51.8 Å². The van der Waals surface area contributed by atoms with Crippen molar-refractivity contribution in [2.75, 3.05) is 0 Å². The van der Waals surface area contributed by atoms with Gasteiger partial charge < -0.3 is 4.52 Å². The number of aromatic nitrogens is 3. The van der Waals surface area contributed by atoms with Crippen molar-refractivity contribution in [3.05, 3.63) is 53.7 Å². The molecule has 3 aromatic rings. The zero-order chi connectivity index (χ0) is 18.2. The summed E-state index contributed by atoms with van der Waals surface area (Å²) in [4.78, 5) is 7.75. The van der Waals surface area contributed by atoms with Crippen LogP contribution in [0.25, 0.3) is 23.0 Å². The third-order valence-corrected chi connectivity index (χ3v) is 3.15. The van der Waals surface area contributed by atoms with Gasteiger partial charge >= 0.3 is 12.4 Å². The fraction of sp³-hybridized carbons (Fsp3) is 0.133. The predicted molar refractivity (Wildman–Crippen MR) is 73.0 cm³/mol. The Labute approximate surface area is 136 Å². The maximum atomic E-state index is 12.9. The van der Waals surface area contributed by atoms with E-state index in [0.29, 0.717) is 12.1 Å². The fourth-order valence-electron chi connectivity index (χ4n) is 2.02. The maximum Gasteiger partial charge on any atom is 0.416 e.